The second-order valence-electron chi connectivity index (χ2n) is 5.48. The lowest BCUT2D eigenvalue weighted by Gasteiger charge is -2.36. The van der Waals surface area contributed by atoms with Crippen LogP contribution in [-0.2, 0) is 0 Å². The van der Waals surface area contributed by atoms with Crippen molar-refractivity contribution in [1.29, 1.82) is 0 Å². The SMILES string of the molecule is C=C[C]1CCC([C]2CCC(C)CC2)CC1. The van der Waals surface area contributed by atoms with E-state index in [1.165, 1.54) is 51.4 Å². The van der Waals surface area contributed by atoms with Crippen LogP contribution in [-0.4, -0.2) is 0 Å². The van der Waals surface area contributed by atoms with E-state index in [0.717, 1.165) is 11.8 Å². The molecule has 15 heavy (non-hydrogen) atoms. The Morgan fingerprint density at radius 2 is 1.60 bits per heavy atom. The van der Waals surface area contributed by atoms with Gasteiger partial charge in [0.1, 0.15) is 0 Å². The summed E-state index contributed by atoms with van der Waals surface area (Å²) in [6, 6.07) is 0. The van der Waals surface area contributed by atoms with Crippen molar-refractivity contribution in [1.82, 2.24) is 0 Å². The quantitative estimate of drug-likeness (QED) is 0.610. The van der Waals surface area contributed by atoms with Crippen molar-refractivity contribution in [3.8, 4) is 0 Å². The van der Waals surface area contributed by atoms with Gasteiger partial charge < -0.3 is 0 Å². The molecule has 0 nitrogen and oxygen atoms in total. The molecule has 0 aliphatic heterocycles. The molecule has 2 rings (SSSR count). The highest BCUT2D eigenvalue weighted by molar-refractivity contribution is 5.12. The van der Waals surface area contributed by atoms with Gasteiger partial charge in [0, 0.05) is 0 Å². The highest BCUT2D eigenvalue weighted by Crippen LogP contribution is 2.43. The summed E-state index contributed by atoms with van der Waals surface area (Å²) >= 11 is 0. The average Bonchev–Trinajstić information content (AvgIpc) is 2.30. The molecule has 0 spiro atoms. The topological polar surface area (TPSA) is 0 Å². The molecule has 0 amide bonds. The van der Waals surface area contributed by atoms with Gasteiger partial charge in [0.2, 0.25) is 0 Å². The Hall–Kier alpha value is -0.260. The van der Waals surface area contributed by atoms with Crippen LogP contribution in [0.25, 0.3) is 0 Å². The number of rotatable bonds is 2. The van der Waals surface area contributed by atoms with Crippen molar-refractivity contribution in [3.63, 3.8) is 0 Å². The van der Waals surface area contributed by atoms with Crippen LogP contribution < -0.4 is 0 Å². The lowest BCUT2D eigenvalue weighted by Crippen LogP contribution is -2.22. The summed E-state index contributed by atoms with van der Waals surface area (Å²) in [6.45, 7) is 6.29. The van der Waals surface area contributed by atoms with Crippen molar-refractivity contribution < 1.29 is 0 Å². The van der Waals surface area contributed by atoms with Crippen molar-refractivity contribution in [2.24, 2.45) is 11.8 Å². The fourth-order valence-electron chi connectivity index (χ4n) is 3.14. The van der Waals surface area contributed by atoms with Gasteiger partial charge in [-0.05, 0) is 62.2 Å². The third-order valence-corrected chi connectivity index (χ3v) is 4.41. The van der Waals surface area contributed by atoms with Crippen LogP contribution in [0.1, 0.15) is 58.3 Å². The first-order chi connectivity index (χ1) is 7.29. The molecule has 2 radical (unpaired) electrons. The van der Waals surface area contributed by atoms with Crippen molar-refractivity contribution in [2.75, 3.05) is 0 Å². The van der Waals surface area contributed by atoms with Gasteiger partial charge in [0.25, 0.3) is 0 Å². The summed E-state index contributed by atoms with van der Waals surface area (Å²) in [5.41, 5.74) is 0. The first-order valence-electron chi connectivity index (χ1n) is 6.61. The second-order valence-corrected chi connectivity index (χ2v) is 5.48. The van der Waals surface area contributed by atoms with E-state index in [2.05, 4.69) is 19.6 Å². The predicted molar refractivity (Wildman–Crippen MR) is 66.3 cm³/mol. The van der Waals surface area contributed by atoms with Crippen LogP contribution >= 0.6 is 0 Å². The van der Waals surface area contributed by atoms with Crippen LogP contribution in [0.5, 0.6) is 0 Å². The zero-order valence-corrected chi connectivity index (χ0v) is 10.1. The molecule has 0 saturated heterocycles. The first-order valence-corrected chi connectivity index (χ1v) is 6.61. The molecule has 0 unspecified atom stereocenters. The van der Waals surface area contributed by atoms with E-state index in [4.69, 9.17) is 0 Å². The van der Waals surface area contributed by atoms with E-state index in [-0.39, 0.29) is 0 Å². The average molecular weight is 204 g/mol. The maximum atomic E-state index is 3.89. The Labute approximate surface area is 95.1 Å². The highest BCUT2D eigenvalue weighted by atomic mass is 14.3. The van der Waals surface area contributed by atoms with Gasteiger partial charge in [-0.2, -0.15) is 0 Å². The molecule has 2 aliphatic carbocycles. The molecule has 0 aromatic heterocycles. The molecule has 0 bridgehead atoms. The maximum Gasteiger partial charge on any atom is -0.00299 e. The first kappa shape index (κ1) is 11.2. The number of hydrogen-bond acceptors (Lipinski definition) is 0. The van der Waals surface area contributed by atoms with E-state index in [0.29, 0.717) is 0 Å². The molecule has 2 saturated carbocycles. The van der Waals surface area contributed by atoms with Gasteiger partial charge >= 0.3 is 0 Å². The fraction of sp³-hybridized carbons (Fsp3) is 0.733. The van der Waals surface area contributed by atoms with Crippen LogP contribution in [0, 0.1) is 23.7 Å². The Balaban J connectivity index is 1.78. The zero-order chi connectivity index (χ0) is 10.7. The summed E-state index contributed by atoms with van der Waals surface area (Å²) in [4.78, 5) is 0. The fourth-order valence-corrected chi connectivity index (χ4v) is 3.14. The monoisotopic (exact) mass is 204 g/mol. The van der Waals surface area contributed by atoms with Gasteiger partial charge in [-0.3, -0.25) is 0 Å². The lowest BCUT2D eigenvalue weighted by atomic mass is 9.69. The minimum Gasteiger partial charge on any atom is -0.102 e. The Morgan fingerprint density at radius 3 is 2.13 bits per heavy atom. The largest absolute Gasteiger partial charge is 0.102 e. The normalized spacial score (nSPS) is 28.1. The second kappa shape index (κ2) is 5.18. The van der Waals surface area contributed by atoms with Gasteiger partial charge in [-0.15, -0.1) is 6.58 Å². The van der Waals surface area contributed by atoms with E-state index in [9.17, 15) is 0 Å². The predicted octanol–water partition coefficient (Wildman–Crippen LogP) is 4.72. The van der Waals surface area contributed by atoms with Crippen molar-refractivity contribution in [2.45, 2.75) is 58.3 Å². The summed E-state index contributed by atoms with van der Waals surface area (Å²) in [5.74, 6) is 5.43. The number of hydrogen-bond donors (Lipinski definition) is 0. The van der Waals surface area contributed by atoms with E-state index >= 15 is 0 Å². The zero-order valence-electron chi connectivity index (χ0n) is 10.1. The van der Waals surface area contributed by atoms with E-state index < -0.39 is 0 Å². The molecule has 0 aromatic rings. The minimum atomic E-state index is 0.959. The summed E-state index contributed by atoms with van der Waals surface area (Å²) < 4.78 is 0. The third kappa shape index (κ3) is 2.86. The van der Waals surface area contributed by atoms with Gasteiger partial charge in [-0.1, -0.05) is 25.8 Å². The Kier molecular flexibility index (Phi) is 3.88. The smallest absolute Gasteiger partial charge is 0.00299 e. The van der Waals surface area contributed by atoms with Gasteiger partial charge in [0.15, 0.2) is 0 Å². The third-order valence-electron chi connectivity index (χ3n) is 4.41. The highest BCUT2D eigenvalue weighted by Gasteiger charge is 2.29. The van der Waals surface area contributed by atoms with Crippen LogP contribution in [0.2, 0.25) is 0 Å². The summed E-state index contributed by atoms with van der Waals surface area (Å²) in [7, 11) is 0. The molecule has 2 aliphatic rings. The molecule has 0 aromatic carbocycles. The van der Waals surface area contributed by atoms with Gasteiger partial charge in [0.05, 0.1) is 0 Å². The lowest BCUT2D eigenvalue weighted by molar-refractivity contribution is 0.308. The standard InChI is InChI=1S/C15H24/c1-3-13-6-10-15(11-7-13)14-8-4-12(2)5-9-14/h3,12,15H,1,4-11H2,2H3. The summed E-state index contributed by atoms with van der Waals surface area (Å²) in [5, 5.41) is 0. The molecule has 0 atom stereocenters. The number of allylic oxidation sites excluding steroid dienone is 1. The summed E-state index contributed by atoms with van der Waals surface area (Å²) in [6.07, 6.45) is 13.3. The molecule has 0 heteroatoms. The van der Waals surface area contributed by atoms with Crippen molar-refractivity contribution >= 4 is 0 Å². The molecule has 0 heterocycles. The maximum absolute atomic E-state index is 3.89. The van der Waals surface area contributed by atoms with Crippen molar-refractivity contribution in [3.05, 3.63) is 24.5 Å². The molecule has 0 N–H and O–H groups in total. The Morgan fingerprint density at radius 1 is 1.00 bits per heavy atom. The Bertz CT molecular complexity index is 190. The minimum absolute atomic E-state index is 0.959. The van der Waals surface area contributed by atoms with E-state index in [1.807, 2.05) is 5.92 Å². The van der Waals surface area contributed by atoms with Crippen LogP contribution in [0.4, 0.5) is 0 Å². The molecule has 84 valence electrons. The van der Waals surface area contributed by atoms with Gasteiger partial charge in [-0.25, -0.2) is 0 Å². The molecular formula is C15H24. The van der Waals surface area contributed by atoms with E-state index in [1.54, 1.807) is 5.92 Å². The molecule has 2 fully saturated rings. The van der Waals surface area contributed by atoms with Crippen LogP contribution in [0.3, 0.4) is 0 Å². The molecular weight excluding hydrogens is 180 g/mol. The van der Waals surface area contributed by atoms with Crippen LogP contribution in [0.15, 0.2) is 12.7 Å².